The molecule has 25 heavy (non-hydrogen) atoms. The Bertz CT molecular complexity index is 920. The molecule has 0 N–H and O–H groups in total. The Morgan fingerprint density at radius 3 is 2.00 bits per heavy atom. The van der Waals surface area contributed by atoms with Crippen molar-refractivity contribution in [3.8, 4) is 22.3 Å². The molecule has 0 bridgehead atoms. The van der Waals surface area contributed by atoms with E-state index in [0.717, 1.165) is 22.1 Å². The molecule has 0 aliphatic rings. The lowest BCUT2D eigenvalue weighted by Crippen LogP contribution is -2.24. The maximum Gasteiger partial charge on any atom is 0.259 e. The molecule has 0 atom stereocenters. The second-order valence-corrected chi connectivity index (χ2v) is 5.90. The molecular formula is C21H17F2NO. The van der Waals surface area contributed by atoms with Crippen molar-refractivity contribution >= 4 is 5.91 Å². The van der Waals surface area contributed by atoms with E-state index in [1.807, 2.05) is 42.5 Å². The van der Waals surface area contributed by atoms with Crippen LogP contribution in [0.25, 0.3) is 22.3 Å². The van der Waals surface area contributed by atoms with E-state index in [0.29, 0.717) is 5.56 Å². The molecule has 0 spiro atoms. The molecular weight excluding hydrogens is 320 g/mol. The van der Waals surface area contributed by atoms with Gasteiger partial charge >= 0.3 is 0 Å². The normalized spacial score (nSPS) is 10.6. The monoisotopic (exact) mass is 337 g/mol. The minimum Gasteiger partial charge on any atom is -0.345 e. The number of nitrogens with zero attached hydrogens (tertiary/aromatic N) is 1. The number of benzene rings is 3. The highest BCUT2D eigenvalue weighted by Crippen LogP contribution is 2.35. The third-order valence-electron chi connectivity index (χ3n) is 4.01. The maximum absolute atomic E-state index is 15.0. The van der Waals surface area contributed by atoms with Crippen LogP contribution in [-0.2, 0) is 0 Å². The molecule has 0 aromatic heterocycles. The fourth-order valence-electron chi connectivity index (χ4n) is 2.77. The van der Waals surface area contributed by atoms with Crippen LogP contribution in [0.5, 0.6) is 0 Å². The van der Waals surface area contributed by atoms with Gasteiger partial charge in [-0.25, -0.2) is 8.78 Å². The van der Waals surface area contributed by atoms with Gasteiger partial charge in [-0.3, -0.25) is 4.79 Å². The average molecular weight is 337 g/mol. The number of hydrogen-bond donors (Lipinski definition) is 0. The van der Waals surface area contributed by atoms with E-state index in [4.69, 9.17) is 0 Å². The smallest absolute Gasteiger partial charge is 0.259 e. The van der Waals surface area contributed by atoms with Crippen LogP contribution >= 0.6 is 0 Å². The summed E-state index contributed by atoms with van der Waals surface area (Å²) in [5, 5.41) is 0. The minimum absolute atomic E-state index is 0.200. The summed E-state index contributed by atoms with van der Waals surface area (Å²) >= 11 is 0. The highest BCUT2D eigenvalue weighted by Gasteiger charge is 2.23. The number of halogens is 2. The van der Waals surface area contributed by atoms with Crippen molar-refractivity contribution in [3.05, 3.63) is 83.9 Å². The molecule has 2 nitrogen and oxygen atoms in total. The second kappa shape index (κ2) is 6.85. The summed E-state index contributed by atoms with van der Waals surface area (Å²) in [6.07, 6.45) is 0. The predicted molar refractivity (Wildman–Crippen MR) is 95.2 cm³/mol. The van der Waals surface area contributed by atoms with Gasteiger partial charge in [-0.05, 0) is 28.8 Å². The van der Waals surface area contributed by atoms with Gasteiger partial charge in [-0.2, -0.15) is 0 Å². The summed E-state index contributed by atoms with van der Waals surface area (Å²) in [7, 11) is 2.93. The molecule has 126 valence electrons. The van der Waals surface area contributed by atoms with Crippen molar-refractivity contribution < 1.29 is 13.6 Å². The summed E-state index contributed by atoms with van der Waals surface area (Å²) in [5.74, 6) is -2.41. The van der Waals surface area contributed by atoms with Crippen molar-refractivity contribution in [1.82, 2.24) is 4.90 Å². The quantitative estimate of drug-likeness (QED) is 0.658. The molecule has 3 aromatic carbocycles. The highest BCUT2D eigenvalue weighted by atomic mass is 19.1. The van der Waals surface area contributed by atoms with Gasteiger partial charge in [0.15, 0.2) is 0 Å². The molecule has 0 saturated heterocycles. The van der Waals surface area contributed by atoms with Gasteiger partial charge in [0, 0.05) is 19.7 Å². The molecule has 3 rings (SSSR count). The van der Waals surface area contributed by atoms with Crippen LogP contribution in [0.15, 0.2) is 66.7 Å². The summed E-state index contributed by atoms with van der Waals surface area (Å²) in [4.78, 5) is 13.3. The van der Waals surface area contributed by atoms with Gasteiger partial charge < -0.3 is 4.90 Å². The lowest BCUT2D eigenvalue weighted by Gasteiger charge is -2.16. The predicted octanol–water partition coefficient (Wildman–Crippen LogP) is 5.00. The molecule has 0 aliphatic heterocycles. The second-order valence-electron chi connectivity index (χ2n) is 5.90. The first-order valence-electron chi connectivity index (χ1n) is 7.85. The number of hydrogen-bond acceptors (Lipinski definition) is 1. The van der Waals surface area contributed by atoms with Crippen LogP contribution in [-0.4, -0.2) is 24.9 Å². The molecule has 0 unspecified atom stereocenters. The van der Waals surface area contributed by atoms with Crippen molar-refractivity contribution in [2.45, 2.75) is 0 Å². The fourth-order valence-corrected chi connectivity index (χ4v) is 2.77. The minimum atomic E-state index is -0.864. The van der Waals surface area contributed by atoms with Crippen LogP contribution < -0.4 is 0 Å². The topological polar surface area (TPSA) is 20.3 Å². The average Bonchev–Trinajstić information content (AvgIpc) is 2.62. The number of rotatable bonds is 3. The van der Waals surface area contributed by atoms with Crippen molar-refractivity contribution in [1.29, 1.82) is 0 Å². The fraction of sp³-hybridized carbons (Fsp3) is 0.0952. The first-order valence-corrected chi connectivity index (χ1v) is 7.85. The molecule has 0 radical (unpaired) electrons. The molecule has 0 heterocycles. The van der Waals surface area contributed by atoms with Crippen molar-refractivity contribution in [2.75, 3.05) is 14.1 Å². The standard InChI is InChI=1S/C21H17F2NO/c1-24(2)21(25)19-18(22)13-12-17(20(19)23)16-11-7-6-10-15(16)14-8-4-3-5-9-14/h3-13H,1-2H3. The zero-order valence-corrected chi connectivity index (χ0v) is 14.0. The van der Waals surface area contributed by atoms with E-state index in [1.54, 1.807) is 12.1 Å². The zero-order chi connectivity index (χ0) is 18.0. The molecule has 0 fully saturated rings. The Labute approximate surface area is 145 Å². The molecule has 0 saturated carbocycles. The third kappa shape index (κ3) is 3.15. The third-order valence-corrected chi connectivity index (χ3v) is 4.01. The van der Waals surface area contributed by atoms with Gasteiger partial charge in [0.2, 0.25) is 0 Å². The van der Waals surface area contributed by atoms with Gasteiger partial charge in [0.05, 0.1) is 0 Å². The van der Waals surface area contributed by atoms with E-state index in [9.17, 15) is 9.18 Å². The van der Waals surface area contributed by atoms with Crippen LogP contribution in [0.2, 0.25) is 0 Å². The largest absolute Gasteiger partial charge is 0.345 e. The van der Waals surface area contributed by atoms with Crippen LogP contribution in [0.1, 0.15) is 10.4 Å². The van der Waals surface area contributed by atoms with Crippen LogP contribution in [0.4, 0.5) is 8.78 Å². The van der Waals surface area contributed by atoms with Crippen molar-refractivity contribution in [2.24, 2.45) is 0 Å². The summed E-state index contributed by atoms with van der Waals surface area (Å²) < 4.78 is 29.1. The zero-order valence-electron chi connectivity index (χ0n) is 14.0. The first-order chi connectivity index (χ1) is 12.0. The molecule has 3 aromatic rings. The summed E-state index contributed by atoms with van der Waals surface area (Å²) in [6, 6.07) is 19.3. The maximum atomic E-state index is 15.0. The molecule has 0 aliphatic carbocycles. The summed E-state index contributed by atoms with van der Waals surface area (Å²) in [5.41, 5.74) is 2.01. The Hall–Kier alpha value is -3.01. The van der Waals surface area contributed by atoms with Crippen molar-refractivity contribution in [3.63, 3.8) is 0 Å². The summed E-state index contributed by atoms with van der Waals surface area (Å²) in [6.45, 7) is 0. The van der Waals surface area contributed by atoms with E-state index in [-0.39, 0.29) is 5.56 Å². The Kier molecular flexibility index (Phi) is 4.61. The molecule has 1 amide bonds. The Balaban J connectivity index is 2.23. The van der Waals surface area contributed by atoms with Crippen LogP contribution in [0.3, 0.4) is 0 Å². The Morgan fingerprint density at radius 1 is 0.760 bits per heavy atom. The lowest BCUT2D eigenvalue weighted by atomic mass is 9.93. The number of carbonyl (C=O) groups excluding carboxylic acids is 1. The van der Waals surface area contributed by atoms with Gasteiger partial charge in [0.25, 0.3) is 5.91 Å². The first kappa shape index (κ1) is 16.8. The number of carbonyl (C=O) groups is 1. The van der Waals surface area contributed by atoms with E-state index < -0.39 is 23.1 Å². The number of amides is 1. The van der Waals surface area contributed by atoms with Gasteiger partial charge in [-0.15, -0.1) is 0 Å². The van der Waals surface area contributed by atoms with E-state index in [1.165, 1.54) is 20.2 Å². The van der Waals surface area contributed by atoms with E-state index in [2.05, 4.69) is 0 Å². The van der Waals surface area contributed by atoms with E-state index >= 15 is 4.39 Å². The van der Waals surface area contributed by atoms with Crippen LogP contribution in [0, 0.1) is 11.6 Å². The molecule has 4 heteroatoms. The van der Waals surface area contributed by atoms with Gasteiger partial charge in [0.1, 0.15) is 17.2 Å². The Morgan fingerprint density at radius 2 is 1.36 bits per heavy atom. The lowest BCUT2D eigenvalue weighted by molar-refractivity contribution is 0.0818. The van der Waals surface area contributed by atoms with Gasteiger partial charge in [-0.1, -0.05) is 54.6 Å². The SMILES string of the molecule is CN(C)C(=O)c1c(F)ccc(-c2ccccc2-c2ccccc2)c1F. The highest BCUT2D eigenvalue weighted by molar-refractivity contribution is 5.96.